The number of nitrogens with one attached hydrogen (secondary N) is 1. The number of carbonyl (C=O) groups is 1. The third kappa shape index (κ3) is 8.10. The Bertz CT molecular complexity index is 1700. The van der Waals surface area contributed by atoms with Gasteiger partial charge in [-0.2, -0.15) is 4.98 Å². The molecule has 2 heterocycles. The first-order valence-electron chi connectivity index (χ1n) is 13.8. The topological polar surface area (TPSA) is 114 Å². The highest BCUT2D eigenvalue weighted by Crippen LogP contribution is 2.32. The SMILES string of the molecule is CCCc1ccc(C)cc1N1C(=O)CS/C1=N\C(O)Nc1ccc(COc2ncn(-c3ccc(OC(F)(F)F)cc3)n2)cc1F. The smallest absolute Gasteiger partial charge is 0.458 e. The zero-order valence-corrected chi connectivity index (χ0v) is 24.9. The Morgan fingerprint density at radius 1 is 1.13 bits per heavy atom. The molecule has 236 valence electrons. The van der Waals surface area contributed by atoms with Crippen molar-refractivity contribution in [2.45, 2.75) is 46.0 Å². The summed E-state index contributed by atoms with van der Waals surface area (Å²) in [6.45, 7) is 3.90. The number of halogens is 4. The number of aryl methyl sites for hydroxylation is 2. The van der Waals surface area contributed by atoms with Crippen LogP contribution in [0, 0.1) is 12.7 Å². The fourth-order valence-corrected chi connectivity index (χ4v) is 5.37. The Balaban J connectivity index is 1.20. The van der Waals surface area contributed by atoms with Crippen molar-refractivity contribution in [2.24, 2.45) is 4.99 Å². The minimum absolute atomic E-state index is 0.0148. The van der Waals surface area contributed by atoms with Gasteiger partial charge in [-0.3, -0.25) is 9.69 Å². The van der Waals surface area contributed by atoms with Crippen LogP contribution in [-0.2, 0) is 17.8 Å². The Morgan fingerprint density at radius 2 is 1.91 bits per heavy atom. The van der Waals surface area contributed by atoms with E-state index < -0.39 is 18.5 Å². The van der Waals surface area contributed by atoms with Crippen LogP contribution in [0.25, 0.3) is 5.69 Å². The van der Waals surface area contributed by atoms with Crippen LogP contribution in [0.15, 0.2) is 72.0 Å². The van der Waals surface area contributed by atoms with Gasteiger partial charge in [0, 0.05) is 0 Å². The number of thioether (sulfide) groups is 1. The third-order valence-electron chi connectivity index (χ3n) is 6.49. The number of rotatable bonds is 11. The van der Waals surface area contributed by atoms with Gasteiger partial charge in [-0.25, -0.2) is 14.1 Å². The molecular weight excluding hydrogens is 616 g/mol. The van der Waals surface area contributed by atoms with Gasteiger partial charge in [0.15, 0.2) is 5.17 Å². The average molecular weight is 645 g/mol. The second kappa shape index (κ2) is 13.6. The monoisotopic (exact) mass is 644 g/mol. The van der Waals surface area contributed by atoms with Gasteiger partial charge in [-0.15, -0.1) is 18.3 Å². The van der Waals surface area contributed by atoms with E-state index in [-0.39, 0.29) is 35.7 Å². The first-order chi connectivity index (χ1) is 21.5. The molecular formula is C30H28F4N6O4S. The maximum atomic E-state index is 14.9. The predicted octanol–water partition coefficient (Wildman–Crippen LogP) is 5.97. The minimum atomic E-state index is -4.80. The molecule has 1 unspecified atom stereocenters. The molecule has 4 aromatic rings. The molecule has 1 aromatic heterocycles. The van der Waals surface area contributed by atoms with Gasteiger partial charge in [0.2, 0.25) is 12.3 Å². The maximum Gasteiger partial charge on any atom is 0.573 e. The van der Waals surface area contributed by atoms with Gasteiger partial charge in [-0.05, 0) is 72.5 Å². The van der Waals surface area contributed by atoms with Crippen molar-refractivity contribution in [3.05, 3.63) is 89.5 Å². The fraction of sp³-hybridized carbons (Fsp3) is 0.267. The molecule has 0 spiro atoms. The van der Waals surface area contributed by atoms with Crippen LogP contribution in [-0.4, -0.2) is 49.4 Å². The Labute approximate surface area is 259 Å². The summed E-state index contributed by atoms with van der Waals surface area (Å²) in [4.78, 5) is 22.5. The first kappa shape index (κ1) is 31.8. The number of ether oxygens (including phenoxy) is 2. The molecule has 10 nitrogen and oxygen atoms in total. The average Bonchev–Trinajstić information content (AvgIpc) is 3.60. The van der Waals surface area contributed by atoms with Gasteiger partial charge >= 0.3 is 12.4 Å². The Hall–Kier alpha value is -4.63. The number of amides is 1. The lowest BCUT2D eigenvalue weighted by Crippen LogP contribution is -2.32. The number of aliphatic hydroxyl groups excluding tert-OH is 1. The summed E-state index contributed by atoms with van der Waals surface area (Å²) in [7, 11) is 0. The van der Waals surface area contributed by atoms with Gasteiger partial charge in [0.25, 0.3) is 0 Å². The lowest BCUT2D eigenvalue weighted by atomic mass is 10.0. The van der Waals surface area contributed by atoms with Crippen molar-refractivity contribution < 1.29 is 36.9 Å². The van der Waals surface area contributed by atoms with Crippen molar-refractivity contribution in [1.82, 2.24) is 14.8 Å². The largest absolute Gasteiger partial charge is 0.573 e. The number of nitrogens with zero attached hydrogens (tertiary/aromatic N) is 5. The summed E-state index contributed by atoms with van der Waals surface area (Å²) >= 11 is 1.19. The lowest BCUT2D eigenvalue weighted by molar-refractivity contribution is -0.274. The van der Waals surface area contributed by atoms with E-state index in [1.54, 1.807) is 6.07 Å². The summed E-state index contributed by atoms with van der Waals surface area (Å²) < 4.78 is 62.7. The zero-order valence-electron chi connectivity index (χ0n) is 24.1. The Kier molecular flexibility index (Phi) is 9.58. The van der Waals surface area contributed by atoms with Crippen molar-refractivity contribution in [3.8, 4) is 17.4 Å². The molecule has 1 atom stereocenters. The first-order valence-corrected chi connectivity index (χ1v) is 14.7. The van der Waals surface area contributed by atoms with Gasteiger partial charge in [0.05, 0.1) is 22.8 Å². The molecule has 1 amide bonds. The normalized spacial score (nSPS) is 15.0. The number of hydrogen-bond donors (Lipinski definition) is 2. The van der Waals surface area contributed by atoms with E-state index in [9.17, 15) is 27.5 Å². The Morgan fingerprint density at radius 3 is 2.62 bits per heavy atom. The molecule has 45 heavy (non-hydrogen) atoms. The van der Waals surface area contributed by atoms with Crippen molar-refractivity contribution in [2.75, 3.05) is 16.0 Å². The lowest BCUT2D eigenvalue weighted by Gasteiger charge is -2.21. The number of benzene rings is 3. The molecule has 0 saturated carbocycles. The van der Waals surface area contributed by atoms with Crippen LogP contribution in [0.4, 0.5) is 28.9 Å². The number of amidine groups is 1. The van der Waals surface area contributed by atoms with Crippen LogP contribution in [0.1, 0.15) is 30.0 Å². The number of aliphatic hydroxyl groups is 1. The van der Waals surface area contributed by atoms with E-state index in [0.717, 1.165) is 41.8 Å². The number of aliphatic imine (C=N–C) groups is 1. The van der Waals surface area contributed by atoms with Gasteiger partial charge < -0.3 is 19.9 Å². The molecule has 1 saturated heterocycles. The molecule has 1 aliphatic heterocycles. The third-order valence-corrected chi connectivity index (χ3v) is 7.43. The highest BCUT2D eigenvalue weighted by molar-refractivity contribution is 8.15. The number of anilines is 2. The van der Waals surface area contributed by atoms with Gasteiger partial charge in [0.1, 0.15) is 24.5 Å². The standard InChI is InChI=1S/C30H28F4N6O4S/c1-3-4-20-7-5-18(2)13-25(20)40-26(41)16-45-29(40)37-27(42)36-24-12-6-19(14-23(24)31)15-43-28-35-17-39(38-28)21-8-10-22(11-9-21)44-30(32,33)34/h5-14,17,27,36,42H,3-4,15-16H2,1-2H3/b37-29-. The molecule has 5 rings (SSSR count). The number of aromatic nitrogens is 3. The summed E-state index contributed by atoms with van der Waals surface area (Å²) in [5.41, 5.74) is 3.54. The van der Waals surface area contributed by atoms with Crippen LogP contribution >= 0.6 is 11.8 Å². The summed E-state index contributed by atoms with van der Waals surface area (Å²) in [6.07, 6.45) is -3.35. The molecule has 1 aliphatic rings. The minimum Gasteiger partial charge on any atom is -0.458 e. The van der Waals surface area contributed by atoms with E-state index in [0.29, 0.717) is 16.4 Å². The maximum absolute atomic E-state index is 14.9. The molecule has 1 fully saturated rings. The highest BCUT2D eigenvalue weighted by Gasteiger charge is 2.32. The van der Waals surface area contributed by atoms with E-state index >= 15 is 0 Å². The van der Waals surface area contributed by atoms with Crippen molar-refractivity contribution in [3.63, 3.8) is 0 Å². The van der Waals surface area contributed by atoms with E-state index in [1.807, 2.05) is 25.1 Å². The number of alkyl halides is 3. The summed E-state index contributed by atoms with van der Waals surface area (Å²) in [5, 5.41) is 17.7. The van der Waals surface area contributed by atoms with Crippen LogP contribution < -0.4 is 19.7 Å². The highest BCUT2D eigenvalue weighted by atomic mass is 32.2. The molecule has 15 heteroatoms. The van der Waals surface area contributed by atoms with Crippen LogP contribution in [0.2, 0.25) is 0 Å². The summed E-state index contributed by atoms with van der Waals surface area (Å²) in [5.74, 6) is -1.03. The second-order valence-electron chi connectivity index (χ2n) is 9.95. The fourth-order valence-electron chi connectivity index (χ4n) is 4.49. The van der Waals surface area contributed by atoms with Crippen molar-refractivity contribution >= 4 is 34.2 Å². The van der Waals surface area contributed by atoms with Crippen LogP contribution in [0.3, 0.4) is 0 Å². The molecule has 0 aliphatic carbocycles. The number of hydrogen-bond acceptors (Lipinski definition) is 9. The van der Waals surface area contributed by atoms with E-state index in [2.05, 4.69) is 32.1 Å². The quantitative estimate of drug-likeness (QED) is 0.152. The van der Waals surface area contributed by atoms with E-state index in [1.165, 1.54) is 51.9 Å². The van der Waals surface area contributed by atoms with Crippen LogP contribution in [0.5, 0.6) is 11.8 Å². The predicted molar refractivity (Wildman–Crippen MR) is 161 cm³/mol. The molecule has 3 aromatic carbocycles. The van der Waals surface area contributed by atoms with E-state index in [4.69, 9.17) is 4.74 Å². The molecule has 2 N–H and O–H groups in total. The zero-order chi connectivity index (χ0) is 32.1. The van der Waals surface area contributed by atoms with Crippen molar-refractivity contribution in [1.29, 1.82) is 0 Å². The second-order valence-corrected chi connectivity index (χ2v) is 10.9. The molecule has 0 bridgehead atoms. The van der Waals surface area contributed by atoms with Gasteiger partial charge in [-0.1, -0.05) is 43.3 Å². The number of carbonyl (C=O) groups excluding carboxylic acids is 1. The molecule has 0 radical (unpaired) electrons. The summed E-state index contributed by atoms with van der Waals surface area (Å²) in [6, 6.07) is 15.1.